The molecule has 1 heterocycles. The number of carbonyl (C=O) groups excluding carboxylic acids is 1. The van der Waals surface area contributed by atoms with Gasteiger partial charge in [0.2, 0.25) is 0 Å². The van der Waals surface area contributed by atoms with Gasteiger partial charge in [-0.1, -0.05) is 29.8 Å². The highest BCUT2D eigenvalue weighted by atomic mass is 35.5. The number of nitrogens with one attached hydrogen (secondary N) is 2. The number of nitrogens with zero attached hydrogens (tertiary/aromatic N) is 2. The summed E-state index contributed by atoms with van der Waals surface area (Å²) in [4.78, 5) is 26.1. The van der Waals surface area contributed by atoms with Crippen LogP contribution < -0.4 is 10.6 Å². The zero-order valence-electron chi connectivity index (χ0n) is 17.1. The van der Waals surface area contributed by atoms with Crippen LogP contribution in [0.5, 0.6) is 0 Å². The van der Waals surface area contributed by atoms with Gasteiger partial charge >= 0.3 is 0 Å². The molecule has 1 saturated heterocycles. The summed E-state index contributed by atoms with van der Waals surface area (Å²) in [6.45, 7) is 3.04. The molecule has 1 amide bonds. The number of hydrogen-bond donors (Lipinski definition) is 2. The zero-order chi connectivity index (χ0) is 21.8. The topological polar surface area (TPSA) is 96.7 Å². The predicted molar refractivity (Wildman–Crippen MR) is 119 cm³/mol. The number of ether oxygens (including phenoxy) is 1. The van der Waals surface area contributed by atoms with Crippen molar-refractivity contribution in [2.75, 3.05) is 38.2 Å². The van der Waals surface area contributed by atoms with Crippen molar-refractivity contribution in [1.29, 1.82) is 0 Å². The number of halogens is 1. The number of amides is 1. The van der Waals surface area contributed by atoms with E-state index in [9.17, 15) is 14.9 Å². The number of hydrogen-bond acceptors (Lipinski definition) is 6. The van der Waals surface area contributed by atoms with Gasteiger partial charge in [0.05, 0.1) is 24.2 Å². The predicted octanol–water partition coefficient (Wildman–Crippen LogP) is 3.63. The van der Waals surface area contributed by atoms with Crippen LogP contribution in [-0.4, -0.2) is 54.6 Å². The Kier molecular flexibility index (Phi) is 6.70. The van der Waals surface area contributed by atoms with Gasteiger partial charge in [0.15, 0.2) is 0 Å². The number of carbonyl (C=O) groups is 1. The summed E-state index contributed by atoms with van der Waals surface area (Å²) in [5.74, 6) is -0.355. The smallest absolute Gasteiger partial charge is 0.293 e. The van der Waals surface area contributed by atoms with E-state index in [1.807, 2.05) is 24.3 Å². The second kappa shape index (κ2) is 9.64. The molecule has 9 heteroatoms. The Morgan fingerprint density at radius 1 is 1.23 bits per heavy atom. The van der Waals surface area contributed by atoms with E-state index in [1.54, 1.807) is 12.1 Å². The summed E-state index contributed by atoms with van der Waals surface area (Å²) in [6, 6.07) is 12.3. The second-order valence-corrected chi connectivity index (χ2v) is 8.21. The average molecular weight is 445 g/mol. The van der Waals surface area contributed by atoms with Crippen molar-refractivity contribution >= 4 is 28.9 Å². The molecule has 2 N–H and O–H groups in total. The van der Waals surface area contributed by atoms with E-state index in [-0.39, 0.29) is 29.2 Å². The number of anilines is 1. The summed E-state index contributed by atoms with van der Waals surface area (Å²) in [6.07, 6.45) is 2.01. The van der Waals surface area contributed by atoms with Crippen LogP contribution in [0.1, 0.15) is 34.8 Å². The molecule has 2 aliphatic rings. The van der Waals surface area contributed by atoms with Gasteiger partial charge in [-0.25, -0.2) is 0 Å². The first kappa shape index (κ1) is 21.5. The molecule has 8 nitrogen and oxygen atoms in total. The summed E-state index contributed by atoms with van der Waals surface area (Å²) in [5.41, 5.74) is 1.55. The summed E-state index contributed by atoms with van der Waals surface area (Å²) >= 11 is 6.44. The molecule has 164 valence electrons. The first-order valence-corrected chi connectivity index (χ1v) is 10.8. The summed E-state index contributed by atoms with van der Waals surface area (Å²) < 4.78 is 5.46. The number of benzene rings is 2. The van der Waals surface area contributed by atoms with Crippen molar-refractivity contribution < 1.29 is 14.5 Å². The van der Waals surface area contributed by atoms with Crippen LogP contribution in [0.3, 0.4) is 0 Å². The minimum atomic E-state index is -0.457. The maximum atomic E-state index is 12.8. The first-order valence-electron chi connectivity index (χ1n) is 10.4. The zero-order valence-corrected chi connectivity index (χ0v) is 17.8. The van der Waals surface area contributed by atoms with Crippen LogP contribution in [0.4, 0.5) is 11.4 Å². The number of nitro benzene ring substituents is 1. The lowest BCUT2D eigenvalue weighted by molar-refractivity contribution is -0.384. The molecular formula is C22H25ClN4O4. The van der Waals surface area contributed by atoms with Gasteiger partial charge in [-0.15, -0.1) is 0 Å². The molecule has 1 aliphatic heterocycles. The van der Waals surface area contributed by atoms with E-state index in [4.69, 9.17) is 16.3 Å². The Bertz CT molecular complexity index is 960. The third kappa shape index (κ3) is 5.33. The Balaban J connectivity index is 1.50. The van der Waals surface area contributed by atoms with E-state index in [2.05, 4.69) is 15.5 Å². The Morgan fingerprint density at radius 2 is 1.97 bits per heavy atom. The molecule has 2 aromatic carbocycles. The molecule has 0 spiro atoms. The molecule has 2 fully saturated rings. The van der Waals surface area contributed by atoms with Crippen molar-refractivity contribution in [2.45, 2.75) is 24.9 Å². The Morgan fingerprint density at radius 3 is 2.65 bits per heavy atom. The largest absolute Gasteiger partial charge is 0.379 e. The fraction of sp³-hybridized carbons (Fsp3) is 0.409. The van der Waals surface area contributed by atoms with Gasteiger partial charge in [0.25, 0.3) is 11.6 Å². The van der Waals surface area contributed by atoms with E-state index in [1.165, 1.54) is 6.07 Å². The molecule has 31 heavy (non-hydrogen) atoms. The van der Waals surface area contributed by atoms with Crippen LogP contribution in [0.25, 0.3) is 0 Å². The lowest BCUT2D eigenvalue weighted by Crippen LogP contribution is -2.44. The maximum absolute atomic E-state index is 12.8. The van der Waals surface area contributed by atoms with E-state index < -0.39 is 4.92 Å². The molecular weight excluding hydrogens is 420 g/mol. The minimum Gasteiger partial charge on any atom is -0.379 e. The van der Waals surface area contributed by atoms with Crippen LogP contribution in [0.2, 0.25) is 5.02 Å². The second-order valence-electron chi connectivity index (χ2n) is 7.80. The minimum absolute atomic E-state index is 0.0876. The van der Waals surface area contributed by atoms with Crippen molar-refractivity contribution in [1.82, 2.24) is 10.2 Å². The van der Waals surface area contributed by atoms with Gasteiger partial charge < -0.3 is 15.4 Å². The van der Waals surface area contributed by atoms with Gasteiger partial charge in [-0.3, -0.25) is 19.8 Å². The van der Waals surface area contributed by atoms with Crippen molar-refractivity contribution in [2.24, 2.45) is 0 Å². The van der Waals surface area contributed by atoms with Gasteiger partial charge in [0, 0.05) is 42.3 Å². The number of nitro groups is 1. The lowest BCUT2D eigenvalue weighted by Gasteiger charge is -2.35. The fourth-order valence-corrected chi connectivity index (χ4v) is 4.02. The van der Waals surface area contributed by atoms with E-state index in [0.29, 0.717) is 30.5 Å². The highest BCUT2D eigenvalue weighted by Gasteiger charge is 2.27. The number of rotatable bonds is 8. The molecule has 2 aromatic rings. The molecule has 0 radical (unpaired) electrons. The molecule has 0 bridgehead atoms. The van der Waals surface area contributed by atoms with Crippen molar-refractivity contribution in [3.63, 3.8) is 0 Å². The van der Waals surface area contributed by atoms with Gasteiger partial charge in [-0.2, -0.15) is 0 Å². The van der Waals surface area contributed by atoms with Crippen molar-refractivity contribution in [3.8, 4) is 0 Å². The normalized spacial score (nSPS) is 17.7. The lowest BCUT2D eigenvalue weighted by atomic mass is 10.0. The van der Waals surface area contributed by atoms with Crippen LogP contribution in [0.15, 0.2) is 42.5 Å². The average Bonchev–Trinajstić information content (AvgIpc) is 3.60. The Labute approximate surface area is 185 Å². The monoisotopic (exact) mass is 444 g/mol. The molecule has 1 atom stereocenters. The fourth-order valence-electron chi connectivity index (χ4n) is 3.76. The maximum Gasteiger partial charge on any atom is 0.293 e. The third-order valence-corrected chi connectivity index (χ3v) is 5.94. The number of morpholine rings is 1. The highest BCUT2D eigenvalue weighted by molar-refractivity contribution is 6.31. The quantitative estimate of drug-likeness (QED) is 0.476. The van der Waals surface area contributed by atoms with E-state index in [0.717, 1.165) is 31.5 Å². The molecule has 0 aromatic heterocycles. The summed E-state index contributed by atoms with van der Waals surface area (Å²) in [5, 5.41) is 18.2. The Hall–Kier alpha value is -2.68. The van der Waals surface area contributed by atoms with Crippen LogP contribution in [-0.2, 0) is 4.74 Å². The van der Waals surface area contributed by atoms with Crippen LogP contribution >= 0.6 is 11.6 Å². The van der Waals surface area contributed by atoms with E-state index >= 15 is 0 Å². The first-order chi connectivity index (χ1) is 15.0. The third-order valence-electron chi connectivity index (χ3n) is 5.60. The van der Waals surface area contributed by atoms with Gasteiger partial charge in [-0.05, 0) is 36.6 Å². The SMILES string of the molecule is O=C(NCC(c1ccccc1Cl)N1CCOCC1)c1ccc(NC2CC2)c([N+](=O)[O-])c1. The molecule has 4 rings (SSSR count). The van der Waals surface area contributed by atoms with Crippen molar-refractivity contribution in [3.05, 3.63) is 68.7 Å². The van der Waals surface area contributed by atoms with Gasteiger partial charge in [0.1, 0.15) is 5.69 Å². The standard InChI is InChI=1S/C22H25ClN4O4/c23-18-4-2-1-3-17(18)21(26-9-11-31-12-10-26)14-24-22(28)15-5-8-19(25-16-6-7-16)20(13-15)27(29)30/h1-5,8,13,16,21,25H,6-7,9-12,14H2,(H,24,28). The molecule has 1 aliphatic carbocycles. The highest BCUT2D eigenvalue weighted by Crippen LogP contribution is 2.32. The molecule has 1 saturated carbocycles. The van der Waals surface area contributed by atoms with Crippen LogP contribution in [0, 0.1) is 10.1 Å². The molecule has 1 unspecified atom stereocenters. The summed E-state index contributed by atoms with van der Waals surface area (Å²) in [7, 11) is 0.